The van der Waals surface area contributed by atoms with Gasteiger partial charge < -0.3 is 9.47 Å². The summed E-state index contributed by atoms with van der Waals surface area (Å²) in [4.78, 5) is 10.3. The highest BCUT2D eigenvalue weighted by Gasteiger charge is 1.98. The van der Waals surface area contributed by atoms with Gasteiger partial charge >= 0.3 is 6.16 Å². The third-order valence-corrected chi connectivity index (χ3v) is 1.27. The van der Waals surface area contributed by atoms with E-state index in [9.17, 15) is 13.2 Å². The van der Waals surface area contributed by atoms with E-state index in [2.05, 4.69) is 13.7 Å². The van der Waals surface area contributed by atoms with Gasteiger partial charge in [-0.1, -0.05) is 0 Å². The minimum atomic E-state index is -2.81. The molecule has 0 aliphatic carbocycles. The zero-order valence-corrected chi connectivity index (χ0v) is 7.41. The Bertz CT molecular complexity index is 190. The summed E-state index contributed by atoms with van der Waals surface area (Å²) >= 11 is 0. The monoisotopic (exact) mass is 198 g/mol. The minimum absolute atomic E-state index is 0.00962. The van der Waals surface area contributed by atoms with Crippen LogP contribution in [0.2, 0.25) is 0 Å². The quantitative estimate of drug-likeness (QED) is 0.371. The molecule has 0 N–H and O–H groups in total. The van der Waals surface area contributed by atoms with Gasteiger partial charge in [-0.15, -0.1) is 0 Å². The zero-order valence-electron chi connectivity index (χ0n) is 6.52. The van der Waals surface area contributed by atoms with Crippen LogP contribution >= 0.6 is 0 Å². The smallest absolute Gasteiger partial charge is 0.438 e. The van der Waals surface area contributed by atoms with Crippen molar-refractivity contribution in [3.63, 3.8) is 0 Å². The number of thiol groups is 1. The fourth-order valence-corrected chi connectivity index (χ4v) is 0.691. The summed E-state index contributed by atoms with van der Waals surface area (Å²) in [6.07, 6.45) is -0.472. The number of ether oxygens (including phenoxy) is 2. The molecular formula is C5H10O6S. The van der Waals surface area contributed by atoms with Crippen LogP contribution in [0, 0.1) is 0 Å². The van der Waals surface area contributed by atoms with Crippen molar-refractivity contribution >= 4 is 17.1 Å². The Balaban J connectivity index is 3.16. The first-order chi connectivity index (χ1) is 5.66. The Morgan fingerprint density at radius 3 is 2.50 bits per heavy atom. The van der Waals surface area contributed by atoms with E-state index in [4.69, 9.17) is 0 Å². The first-order valence-corrected chi connectivity index (χ1v) is 4.24. The molecule has 0 aliphatic heterocycles. The van der Waals surface area contributed by atoms with Crippen LogP contribution in [0.5, 0.6) is 0 Å². The average Bonchev–Trinajstić information content (AvgIpc) is 2.03. The molecule has 6 nitrogen and oxygen atoms in total. The summed E-state index contributed by atoms with van der Waals surface area (Å²) in [7, 11) is -1.62. The standard InChI is InChI=1S/C5H10O6S/c1-9-5(6)10-3-2-4-11-12(7)8/h12H,2-4H2,1H3. The van der Waals surface area contributed by atoms with Crippen molar-refractivity contribution < 1.29 is 26.9 Å². The summed E-state index contributed by atoms with van der Waals surface area (Å²) in [6, 6.07) is 0. The van der Waals surface area contributed by atoms with Gasteiger partial charge in [0, 0.05) is 6.42 Å². The fourth-order valence-electron chi connectivity index (χ4n) is 0.412. The van der Waals surface area contributed by atoms with Crippen LogP contribution in [0.3, 0.4) is 0 Å². The predicted octanol–water partition coefficient (Wildman–Crippen LogP) is -0.298. The Morgan fingerprint density at radius 2 is 2.00 bits per heavy atom. The van der Waals surface area contributed by atoms with Crippen molar-refractivity contribution in [3.8, 4) is 0 Å². The number of hydrogen-bond donors (Lipinski definition) is 1. The molecule has 0 aromatic heterocycles. The molecular weight excluding hydrogens is 188 g/mol. The fraction of sp³-hybridized carbons (Fsp3) is 0.800. The maximum Gasteiger partial charge on any atom is 0.507 e. The molecule has 0 unspecified atom stereocenters. The highest BCUT2D eigenvalue weighted by molar-refractivity contribution is 7.67. The highest BCUT2D eigenvalue weighted by atomic mass is 32.2. The molecule has 0 heterocycles. The highest BCUT2D eigenvalue weighted by Crippen LogP contribution is 1.87. The van der Waals surface area contributed by atoms with Gasteiger partial charge in [-0.25, -0.2) is 13.2 Å². The van der Waals surface area contributed by atoms with Crippen molar-refractivity contribution in [2.75, 3.05) is 20.3 Å². The molecule has 0 aromatic carbocycles. The summed E-state index contributed by atoms with van der Waals surface area (Å²) in [5, 5.41) is 0. The topological polar surface area (TPSA) is 78.9 Å². The van der Waals surface area contributed by atoms with Gasteiger partial charge in [0.1, 0.15) is 0 Å². The molecule has 72 valence electrons. The van der Waals surface area contributed by atoms with E-state index in [1.54, 1.807) is 0 Å². The number of carbonyl (C=O) groups excluding carboxylic acids is 1. The van der Waals surface area contributed by atoms with Crippen LogP contribution in [-0.4, -0.2) is 34.9 Å². The minimum Gasteiger partial charge on any atom is -0.438 e. The van der Waals surface area contributed by atoms with Crippen LogP contribution in [0.15, 0.2) is 0 Å². The Kier molecular flexibility index (Phi) is 6.39. The van der Waals surface area contributed by atoms with Crippen molar-refractivity contribution in [1.29, 1.82) is 0 Å². The largest absolute Gasteiger partial charge is 0.507 e. The molecule has 0 atom stereocenters. The van der Waals surface area contributed by atoms with Crippen molar-refractivity contribution in [1.82, 2.24) is 0 Å². The lowest BCUT2D eigenvalue weighted by atomic mass is 10.5. The first kappa shape index (κ1) is 11.2. The van der Waals surface area contributed by atoms with Gasteiger partial charge in [0.25, 0.3) is 11.0 Å². The van der Waals surface area contributed by atoms with Gasteiger partial charge in [0.15, 0.2) is 0 Å². The normalized spacial score (nSPS) is 9.83. The van der Waals surface area contributed by atoms with E-state index < -0.39 is 17.1 Å². The summed E-state index contributed by atoms with van der Waals surface area (Å²) in [5.41, 5.74) is 0. The predicted molar refractivity (Wildman–Crippen MR) is 39.2 cm³/mol. The van der Waals surface area contributed by atoms with E-state index >= 15 is 0 Å². The molecule has 0 saturated heterocycles. The lowest BCUT2D eigenvalue weighted by Gasteiger charge is -2.00. The summed E-state index contributed by atoms with van der Waals surface area (Å²) in [6.45, 7) is 0.0888. The first-order valence-electron chi connectivity index (χ1n) is 3.15. The SMILES string of the molecule is COC(=O)OCCCO[SH](=O)=O. The van der Waals surface area contributed by atoms with Crippen molar-refractivity contribution in [2.45, 2.75) is 6.42 Å². The van der Waals surface area contributed by atoms with Crippen LogP contribution < -0.4 is 0 Å². The van der Waals surface area contributed by atoms with E-state index in [1.165, 1.54) is 7.11 Å². The zero-order chi connectivity index (χ0) is 9.40. The van der Waals surface area contributed by atoms with E-state index in [1.807, 2.05) is 0 Å². The molecule has 0 fully saturated rings. The van der Waals surface area contributed by atoms with Crippen LogP contribution in [0.1, 0.15) is 6.42 Å². The lowest BCUT2D eigenvalue weighted by Crippen LogP contribution is -2.07. The van der Waals surface area contributed by atoms with Gasteiger partial charge in [-0.2, -0.15) is 0 Å². The number of hydrogen-bond acceptors (Lipinski definition) is 6. The summed E-state index contributed by atoms with van der Waals surface area (Å²) in [5.74, 6) is 0. The van der Waals surface area contributed by atoms with Gasteiger partial charge in [-0.3, -0.25) is 4.18 Å². The molecule has 0 amide bonds. The van der Waals surface area contributed by atoms with Crippen LogP contribution in [0.4, 0.5) is 4.79 Å². The third-order valence-electron chi connectivity index (χ3n) is 0.872. The average molecular weight is 198 g/mol. The maximum absolute atomic E-state index is 10.3. The molecule has 0 aromatic rings. The van der Waals surface area contributed by atoms with Crippen LogP contribution in [-0.2, 0) is 24.6 Å². The van der Waals surface area contributed by atoms with Crippen molar-refractivity contribution in [2.24, 2.45) is 0 Å². The molecule has 0 saturated carbocycles. The number of methoxy groups -OCH3 is 1. The maximum atomic E-state index is 10.3. The van der Waals surface area contributed by atoms with E-state index in [-0.39, 0.29) is 13.2 Å². The lowest BCUT2D eigenvalue weighted by molar-refractivity contribution is 0.0691. The molecule has 0 bridgehead atoms. The second kappa shape index (κ2) is 6.86. The van der Waals surface area contributed by atoms with E-state index in [0.29, 0.717) is 6.42 Å². The number of carbonyl (C=O) groups is 1. The number of rotatable bonds is 5. The van der Waals surface area contributed by atoms with Gasteiger partial charge in [-0.05, 0) is 0 Å². The molecule has 0 spiro atoms. The Labute approximate surface area is 71.6 Å². The Morgan fingerprint density at radius 1 is 1.33 bits per heavy atom. The molecule has 0 rings (SSSR count). The Hall–Kier alpha value is -0.820. The second-order valence-electron chi connectivity index (χ2n) is 1.71. The molecule has 0 radical (unpaired) electrons. The second-order valence-corrected chi connectivity index (χ2v) is 2.42. The summed E-state index contributed by atoms with van der Waals surface area (Å²) < 4.78 is 32.4. The van der Waals surface area contributed by atoms with Gasteiger partial charge in [0.05, 0.1) is 20.3 Å². The molecule has 0 aliphatic rings. The third kappa shape index (κ3) is 7.29. The molecule has 12 heavy (non-hydrogen) atoms. The molecule has 7 heteroatoms. The van der Waals surface area contributed by atoms with E-state index in [0.717, 1.165) is 0 Å². The van der Waals surface area contributed by atoms with Gasteiger partial charge in [0.2, 0.25) is 0 Å². The van der Waals surface area contributed by atoms with Crippen molar-refractivity contribution in [3.05, 3.63) is 0 Å². The van der Waals surface area contributed by atoms with Crippen LogP contribution in [0.25, 0.3) is 0 Å².